The highest BCUT2D eigenvalue weighted by atomic mass is 19.1. The molecule has 3 nitrogen and oxygen atoms in total. The van der Waals surface area contributed by atoms with Gasteiger partial charge in [0.05, 0.1) is 12.3 Å². The van der Waals surface area contributed by atoms with Crippen molar-refractivity contribution in [3.63, 3.8) is 0 Å². The lowest BCUT2D eigenvalue weighted by Gasteiger charge is -2.11. The van der Waals surface area contributed by atoms with Crippen LogP contribution in [0.25, 0.3) is 0 Å². The van der Waals surface area contributed by atoms with Gasteiger partial charge < -0.3 is 15.8 Å². The molecular weight excluding hydrogens is 243 g/mol. The summed E-state index contributed by atoms with van der Waals surface area (Å²) in [6, 6.07) is 10.2. The first-order valence-electron chi connectivity index (χ1n) is 6.15. The Morgan fingerprint density at radius 3 is 2.63 bits per heavy atom. The van der Waals surface area contributed by atoms with E-state index in [2.05, 4.69) is 5.32 Å². The van der Waals surface area contributed by atoms with Crippen molar-refractivity contribution in [1.29, 1.82) is 0 Å². The summed E-state index contributed by atoms with van der Waals surface area (Å²) in [6.45, 7) is 4.30. The first-order chi connectivity index (χ1) is 9.08. The van der Waals surface area contributed by atoms with Crippen LogP contribution in [0.2, 0.25) is 0 Å². The van der Waals surface area contributed by atoms with Crippen LogP contribution in [-0.4, -0.2) is 6.61 Å². The maximum atomic E-state index is 13.3. The number of nitrogens with one attached hydrogen (secondary N) is 1. The predicted molar refractivity (Wildman–Crippen MR) is 76.4 cm³/mol. The summed E-state index contributed by atoms with van der Waals surface area (Å²) < 4.78 is 18.7. The van der Waals surface area contributed by atoms with Crippen molar-refractivity contribution in [3.8, 4) is 5.75 Å². The Kier molecular flexibility index (Phi) is 3.90. The first kappa shape index (κ1) is 13.2. The molecule has 0 aliphatic carbocycles. The lowest BCUT2D eigenvalue weighted by molar-refractivity contribution is 0.342. The highest BCUT2D eigenvalue weighted by molar-refractivity contribution is 5.67. The van der Waals surface area contributed by atoms with E-state index in [-0.39, 0.29) is 5.82 Å². The largest absolute Gasteiger partial charge is 0.492 e. The zero-order valence-electron chi connectivity index (χ0n) is 11.0. The Morgan fingerprint density at radius 1 is 1.16 bits per heavy atom. The van der Waals surface area contributed by atoms with Crippen LogP contribution in [-0.2, 0) is 0 Å². The molecule has 0 aromatic heterocycles. The maximum Gasteiger partial charge on any atom is 0.144 e. The van der Waals surface area contributed by atoms with E-state index >= 15 is 0 Å². The fourth-order valence-electron chi connectivity index (χ4n) is 1.87. The molecule has 19 heavy (non-hydrogen) atoms. The van der Waals surface area contributed by atoms with Gasteiger partial charge in [-0.05, 0) is 49.7 Å². The number of halogens is 1. The van der Waals surface area contributed by atoms with Crippen molar-refractivity contribution in [2.24, 2.45) is 0 Å². The second kappa shape index (κ2) is 5.61. The van der Waals surface area contributed by atoms with Crippen LogP contribution in [0.15, 0.2) is 36.4 Å². The molecule has 0 spiro atoms. The van der Waals surface area contributed by atoms with Crippen LogP contribution < -0.4 is 15.8 Å². The van der Waals surface area contributed by atoms with E-state index in [9.17, 15) is 4.39 Å². The van der Waals surface area contributed by atoms with Gasteiger partial charge in [0.25, 0.3) is 0 Å². The van der Waals surface area contributed by atoms with E-state index in [0.717, 1.165) is 11.3 Å². The minimum absolute atomic E-state index is 0.261. The van der Waals surface area contributed by atoms with Crippen LogP contribution in [0.5, 0.6) is 5.75 Å². The van der Waals surface area contributed by atoms with Crippen LogP contribution in [0.1, 0.15) is 12.5 Å². The second-order valence-corrected chi connectivity index (χ2v) is 4.33. The smallest absolute Gasteiger partial charge is 0.144 e. The van der Waals surface area contributed by atoms with Crippen molar-refractivity contribution >= 4 is 17.1 Å². The molecule has 0 atom stereocenters. The number of hydrogen-bond acceptors (Lipinski definition) is 3. The zero-order chi connectivity index (χ0) is 13.8. The normalized spacial score (nSPS) is 10.3. The number of anilines is 3. The van der Waals surface area contributed by atoms with E-state index < -0.39 is 0 Å². The number of nitrogen functional groups attached to an aromatic ring is 1. The number of rotatable bonds is 4. The van der Waals surface area contributed by atoms with E-state index in [1.54, 1.807) is 12.1 Å². The van der Waals surface area contributed by atoms with Crippen LogP contribution in [0.3, 0.4) is 0 Å². The molecule has 0 radical (unpaired) electrons. The molecule has 0 saturated carbocycles. The summed E-state index contributed by atoms with van der Waals surface area (Å²) in [5.74, 6) is 0.364. The van der Waals surface area contributed by atoms with Gasteiger partial charge in [0, 0.05) is 17.4 Å². The van der Waals surface area contributed by atoms with Crippen LogP contribution in [0.4, 0.5) is 21.5 Å². The molecule has 0 heterocycles. The van der Waals surface area contributed by atoms with Gasteiger partial charge in [-0.1, -0.05) is 0 Å². The quantitative estimate of drug-likeness (QED) is 0.821. The van der Waals surface area contributed by atoms with Gasteiger partial charge >= 0.3 is 0 Å². The number of nitrogens with two attached hydrogens (primary N) is 1. The summed E-state index contributed by atoms with van der Waals surface area (Å²) >= 11 is 0. The lowest BCUT2D eigenvalue weighted by Crippen LogP contribution is -1.98. The summed E-state index contributed by atoms with van der Waals surface area (Å²) in [4.78, 5) is 0. The van der Waals surface area contributed by atoms with Gasteiger partial charge in [0.2, 0.25) is 0 Å². The van der Waals surface area contributed by atoms with Gasteiger partial charge in [0.1, 0.15) is 11.6 Å². The molecule has 100 valence electrons. The fraction of sp³-hybridized carbons (Fsp3) is 0.200. The van der Waals surface area contributed by atoms with Gasteiger partial charge in [-0.3, -0.25) is 0 Å². The molecule has 0 aliphatic heterocycles. The topological polar surface area (TPSA) is 47.3 Å². The van der Waals surface area contributed by atoms with Gasteiger partial charge in [-0.2, -0.15) is 0 Å². The molecule has 0 bridgehead atoms. The molecule has 4 heteroatoms. The van der Waals surface area contributed by atoms with E-state index in [1.807, 2.05) is 26.0 Å². The van der Waals surface area contributed by atoms with Gasteiger partial charge in [-0.25, -0.2) is 4.39 Å². The molecular formula is C15H17FN2O. The summed E-state index contributed by atoms with van der Waals surface area (Å²) in [5, 5.41) is 3.14. The minimum Gasteiger partial charge on any atom is -0.492 e. The average Bonchev–Trinajstić information content (AvgIpc) is 2.32. The van der Waals surface area contributed by atoms with Crippen molar-refractivity contribution in [2.45, 2.75) is 13.8 Å². The molecule has 0 saturated heterocycles. The lowest BCUT2D eigenvalue weighted by atomic mass is 10.2. The molecule has 0 unspecified atom stereocenters. The molecule has 2 aromatic carbocycles. The van der Waals surface area contributed by atoms with Crippen LogP contribution in [0, 0.1) is 12.7 Å². The molecule has 3 N–H and O–H groups in total. The van der Waals surface area contributed by atoms with Gasteiger partial charge in [0.15, 0.2) is 0 Å². The Bertz CT molecular complexity index is 564. The molecule has 2 aromatic rings. The number of aryl methyl sites for hydroxylation is 1. The third-order valence-electron chi connectivity index (χ3n) is 2.64. The second-order valence-electron chi connectivity index (χ2n) is 4.33. The highest BCUT2D eigenvalue weighted by Gasteiger charge is 2.03. The van der Waals surface area contributed by atoms with Crippen LogP contribution >= 0.6 is 0 Å². The molecule has 0 amide bonds. The fourth-order valence-corrected chi connectivity index (χ4v) is 1.87. The van der Waals surface area contributed by atoms with Crippen molar-refractivity contribution < 1.29 is 9.13 Å². The summed E-state index contributed by atoms with van der Waals surface area (Å²) in [6.07, 6.45) is 0. The van der Waals surface area contributed by atoms with Gasteiger partial charge in [-0.15, -0.1) is 0 Å². The Hall–Kier alpha value is -2.23. The average molecular weight is 260 g/mol. The number of benzene rings is 2. The third kappa shape index (κ3) is 3.37. The number of hydrogen-bond donors (Lipinski definition) is 2. The Morgan fingerprint density at radius 2 is 1.95 bits per heavy atom. The SMILES string of the molecule is CCOc1cc(Nc2cc(C)cc(F)c2)ccc1N. The summed E-state index contributed by atoms with van der Waals surface area (Å²) in [5.41, 5.74) is 8.76. The molecule has 2 rings (SSSR count). The Balaban J connectivity index is 2.25. The van der Waals surface area contributed by atoms with E-state index in [4.69, 9.17) is 10.5 Å². The molecule has 0 fully saturated rings. The van der Waals surface area contributed by atoms with Crippen molar-refractivity contribution in [1.82, 2.24) is 0 Å². The molecule has 0 aliphatic rings. The van der Waals surface area contributed by atoms with E-state index in [1.165, 1.54) is 12.1 Å². The summed E-state index contributed by atoms with van der Waals surface area (Å²) in [7, 11) is 0. The maximum absolute atomic E-state index is 13.3. The monoisotopic (exact) mass is 260 g/mol. The predicted octanol–water partition coefficient (Wildman–Crippen LogP) is 3.86. The third-order valence-corrected chi connectivity index (χ3v) is 2.64. The van der Waals surface area contributed by atoms with Crippen molar-refractivity contribution in [2.75, 3.05) is 17.7 Å². The first-order valence-corrected chi connectivity index (χ1v) is 6.15. The van der Waals surface area contributed by atoms with Crippen molar-refractivity contribution in [3.05, 3.63) is 47.8 Å². The zero-order valence-corrected chi connectivity index (χ0v) is 11.0. The number of ether oxygens (including phenoxy) is 1. The van der Waals surface area contributed by atoms with E-state index in [0.29, 0.717) is 23.7 Å². The standard InChI is InChI=1S/C15H17FN2O/c1-3-19-15-9-12(4-5-14(15)17)18-13-7-10(2)6-11(16)8-13/h4-9,18H,3,17H2,1-2H3. The highest BCUT2D eigenvalue weighted by Crippen LogP contribution is 2.28. The minimum atomic E-state index is -0.261. The Labute approximate surface area is 112 Å².